The lowest BCUT2D eigenvalue weighted by atomic mass is 9.90. The summed E-state index contributed by atoms with van der Waals surface area (Å²) in [7, 11) is -3.90. The smallest absolute Gasteiger partial charge is 0.264 e. The second-order valence-electron chi connectivity index (χ2n) is 5.74. The SMILES string of the molecule is O=C(NO)C(c1ccccc1)c1ccc(NS(=O)(=O)c2cc(Cl)sc2Cl)cc1. The number of nitrogens with one attached hydrogen (secondary N) is 2. The molecule has 0 spiro atoms. The molecular weight excluding hydrogens is 443 g/mol. The molecule has 3 N–H and O–H groups in total. The van der Waals surface area contributed by atoms with Gasteiger partial charge >= 0.3 is 0 Å². The van der Waals surface area contributed by atoms with E-state index in [1.165, 1.54) is 18.2 Å². The molecule has 1 atom stereocenters. The number of thiophene rings is 1. The first-order valence-electron chi connectivity index (χ1n) is 7.88. The number of carbonyl (C=O) groups is 1. The Morgan fingerprint density at radius 2 is 1.61 bits per heavy atom. The number of hydroxylamine groups is 1. The third-order valence-corrected chi connectivity index (χ3v) is 7.05. The molecule has 1 heterocycles. The quantitative estimate of drug-likeness (QED) is 0.375. The van der Waals surface area contributed by atoms with Crippen molar-refractivity contribution < 1.29 is 18.4 Å². The number of benzene rings is 2. The average Bonchev–Trinajstić information content (AvgIpc) is 3.03. The Kier molecular flexibility index (Phi) is 6.26. The summed E-state index contributed by atoms with van der Waals surface area (Å²) < 4.78 is 27.7. The maximum atomic E-state index is 12.5. The molecule has 1 aromatic heterocycles. The van der Waals surface area contributed by atoms with Gasteiger partial charge in [0.15, 0.2) is 0 Å². The van der Waals surface area contributed by atoms with Crippen LogP contribution in [0.5, 0.6) is 0 Å². The van der Waals surface area contributed by atoms with Crippen molar-refractivity contribution in [1.82, 2.24) is 5.48 Å². The Morgan fingerprint density at radius 1 is 1.00 bits per heavy atom. The second-order valence-corrected chi connectivity index (χ2v) is 9.67. The number of hydrogen-bond donors (Lipinski definition) is 3. The summed E-state index contributed by atoms with van der Waals surface area (Å²) in [6, 6.07) is 16.4. The first-order valence-corrected chi connectivity index (χ1v) is 10.9. The zero-order chi connectivity index (χ0) is 20.3. The van der Waals surface area contributed by atoms with Gasteiger partial charge in [0.1, 0.15) is 9.23 Å². The van der Waals surface area contributed by atoms with E-state index in [4.69, 9.17) is 28.4 Å². The van der Waals surface area contributed by atoms with Crippen LogP contribution in [0.15, 0.2) is 65.6 Å². The fraction of sp³-hybridized carbons (Fsp3) is 0.0556. The lowest BCUT2D eigenvalue weighted by Crippen LogP contribution is -2.27. The van der Waals surface area contributed by atoms with E-state index in [0.29, 0.717) is 16.8 Å². The molecule has 10 heteroatoms. The van der Waals surface area contributed by atoms with Crippen molar-refractivity contribution in [2.45, 2.75) is 10.8 Å². The molecule has 1 unspecified atom stereocenters. The van der Waals surface area contributed by atoms with Crippen molar-refractivity contribution in [3.8, 4) is 0 Å². The van der Waals surface area contributed by atoms with Gasteiger partial charge in [0.2, 0.25) is 0 Å². The van der Waals surface area contributed by atoms with E-state index in [1.807, 2.05) is 6.07 Å². The van der Waals surface area contributed by atoms with Gasteiger partial charge in [0.25, 0.3) is 15.9 Å². The van der Waals surface area contributed by atoms with Crippen molar-refractivity contribution in [2.75, 3.05) is 4.72 Å². The van der Waals surface area contributed by atoms with Crippen LogP contribution in [0.1, 0.15) is 17.0 Å². The van der Waals surface area contributed by atoms with Gasteiger partial charge in [-0.05, 0) is 29.3 Å². The maximum Gasteiger partial charge on any atom is 0.264 e. The minimum atomic E-state index is -3.90. The molecule has 0 radical (unpaired) electrons. The molecule has 146 valence electrons. The van der Waals surface area contributed by atoms with E-state index < -0.39 is 21.8 Å². The third-order valence-electron chi connectivity index (χ3n) is 3.92. The molecular formula is C18H14Cl2N2O4S2. The summed E-state index contributed by atoms with van der Waals surface area (Å²) in [5, 5.41) is 9.08. The number of anilines is 1. The van der Waals surface area contributed by atoms with Crippen LogP contribution in [0.25, 0.3) is 0 Å². The summed E-state index contributed by atoms with van der Waals surface area (Å²) >= 11 is 12.7. The Morgan fingerprint density at radius 3 is 2.14 bits per heavy atom. The zero-order valence-electron chi connectivity index (χ0n) is 14.1. The van der Waals surface area contributed by atoms with Gasteiger partial charge in [0.05, 0.1) is 10.3 Å². The third kappa shape index (κ3) is 4.48. The summed E-state index contributed by atoms with van der Waals surface area (Å²) in [6.07, 6.45) is 0. The van der Waals surface area contributed by atoms with Crippen LogP contribution in [0.2, 0.25) is 8.67 Å². The van der Waals surface area contributed by atoms with Gasteiger partial charge in [-0.1, -0.05) is 65.7 Å². The lowest BCUT2D eigenvalue weighted by molar-refractivity contribution is -0.129. The monoisotopic (exact) mass is 456 g/mol. The minimum Gasteiger partial charge on any atom is -0.289 e. The second kappa shape index (κ2) is 8.50. The molecule has 28 heavy (non-hydrogen) atoms. The Labute approximate surface area is 175 Å². The maximum absolute atomic E-state index is 12.5. The highest BCUT2D eigenvalue weighted by molar-refractivity contribution is 7.93. The molecule has 1 amide bonds. The molecule has 0 bridgehead atoms. The molecule has 0 saturated carbocycles. The minimum absolute atomic E-state index is 0.0675. The lowest BCUT2D eigenvalue weighted by Gasteiger charge is -2.16. The number of carbonyl (C=O) groups excluding carboxylic acids is 1. The predicted molar refractivity (Wildman–Crippen MR) is 110 cm³/mol. The Balaban J connectivity index is 1.88. The highest BCUT2D eigenvalue weighted by Crippen LogP contribution is 2.35. The van der Waals surface area contributed by atoms with Gasteiger partial charge in [0, 0.05) is 5.69 Å². The van der Waals surface area contributed by atoms with E-state index >= 15 is 0 Å². The largest absolute Gasteiger partial charge is 0.289 e. The first-order chi connectivity index (χ1) is 13.3. The topological polar surface area (TPSA) is 95.5 Å². The Bertz CT molecular complexity index is 1080. The van der Waals surface area contributed by atoms with E-state index in [-0.39, 0.29) is 13.6 Å². The molecule has 0 aliphatic carbocycles. The van der Waals surface area contributed by atoms with Crippen molar-refractivity contribution >= 4 is 56.2 Å². The summed E-state index contributed by atoms with van der Waals surface area (Å²) in [5.41, 5.74) is 3.22. The number of amides is 1. The molecule has 6 nitrogen and oxygen atoms in total. The van der Waals surface area contributed by atoms with Gasteiger partial charge in [-0.2, -0.15) is 0 Å². The Hall–Kier alpha value is -2.10. The van der Waals surface area contributed by atoms with Crippen molar-refractivity contribution in [3.05, 3.63) is 80.5 Å². The van der Waals surface area contributed by atoms with Crippen LogP contribution in [-0.4, -0.2) is 19.5 Å². The molecule has 3 rings (SSSR count). The number of halogens is 2. The van der Waals surface area contributed by atoms with Crippen LogP contribution >= 0.6 is 34.5 Å². The van der Waals surface area contributed by atoms with Crippen LogP contribution in [0.3, 0.4) is 0 Å². The highest BCUT2D eigenvalue weighted by Gasteiger charge is 2.24. The van der Waals surface area contributed by atoms with E-state index in [2.05, 4.69) is 4.72 Å². The number of sulfonamides is 1. The van der Waals surface area contributed by atoms with Gasteiger partial charge < -0.3 is 0 Å². The van der Waals surface area contributed by atoms with Crippen molar-refractivity contribution in [3.63, 3.8) is 0 Å². The average molecular weight is 457 g/mol. The van der Waals surface area contributed by atoms with E-state index in [0.717, 1.165) is 11.3 Å². The van der Waals surface area contributed by atoms with Gasteiger partial charge in [-0.3, -0.25) is 14.7 Å². The number of rotatable bonds is 6. The van der Waals surface area contributed by atoms with E-state index in [1.54, 1.807) is 41.9 Å². The van der Waals surface area contributed by atoms with Crippen LogP contribution < -0.4 is 10.2 Å². The highest BCUT2D eigenvalue weighted by atomic mass is 35.5. The van der Waals surface area contributed by atoms with Crippen molar-refractivity contribution in [1.29, 1.82) is 0 Å². The standard InChI is InChI=1S/C18H14Cl2N2O4S2/c19-15-10-14(17(20)27-15)28(25,26)22-13-8-6-12(7-9-13)16(18(23)21-24)11-4-2-1-3-5-11/h1-10,16,22,24H,(H,21,23). The van der Waals surface area contributed by atoms with Crippen LogP contribution in [-0.2, 0) is 14.8 Å². The summed E-state index contributed by atoms with van der Waals surface area (Å²) in [6.45, 7) is 0. The summed E-state index contributed by atoms with van der Waals surface area (Å²) in [5.74, 6) is -1.35. The van der Waals surface area contributed by atoms with E-state index in [9.17, 15) is 13.2 Å². The number of hydrogen-bond acceptors (Lipinski definition) is 5. The van der Waals surface area contributed by atoms with Crippen LogP contribution in [0.4, 0.5) is 5.69 Å². The van der Waals surface area contributed by atoms with Crippen molar-refractivity contribution in [2.24, 2.45) is 0 Å². The molecule has 0 fully saturated rings. The normalized spacial score (nSPS) is 12.4. The zero-order valence-corrected chi connectivity index (χ0v) is 17.2. The molecule has 0 saturated heterocycles. The van der Waals surface area contributed by atoms with Gasteiger partial charge in [-0.25, -0.2) is 13.9 Å². The molecule has 3 aromatic rings. The fourth-order valence-corrected chi connectivity index (χ4v) is 5.88. The van der Waals surface area contributed by atoms with Gasteiger partial charge in [-0.15, -0.1) is 11.3 Å². The molecule has 0 aliphatic heterocycles. The fourth-order valence-electron chi connectivity index (χ4n) is 2.67. The van der Waals surface area contributed by atoms with Crippen LogP contribution in [0, 0.1) is 0 Å². The first kappa shape index (κ1) is 20.6. The predicted octanol–water partition coefficient (Wildman–Crippen LogP) is 4.49. The summed E-state index contributed by atoms with van der Waals surface area (Å²) in [4.78, 5) is 12.1. The molecule has 0 aliphatic rings. The molecule has 2 aromatic carbocycles.